The minimum atomic E-state index is -0.419. The van der Waals surface area contributed by atoms with E-state index in [0.29, 0.717) is 18.3 Å². The first kappa shape index (κ1) is 13.4. The van der Waals surface area contributed by atoms with Gasteiger partial charge in [0.15, 0.2) is 0 Å². The van der Waals surface area contributed by atoms with Crippen molar-refractivity contribution in [1.82, 2.24) is 5.32 Å². The van der Waals surface area contributed by atoms with E-state index in [-0.39, 0.29) is 5.69 Å². The molecule has 0 aromatic heterocycles. The summed E-state index contributed by atoms with van der Waals surface area (Å²) in [4.78, 5) is 10.0. The lowest BCUT2D eigenvalue weighted by Gasteiger charge is -2.13. The summed E-state index contributed by atoms with van der Waals surface area (Å²) >= 11 is 0. The van der Waals surface area contributed by atoms with Crippen molar-refractivity contribution in [2.75, 3.05) is 19.7 Å². The number of nitro groups is 1. The quantitative estimate of drug-likeness (QED) is 0.584. The van der Waals surface area contributed by atoms with Gasteiger partial charge in [-0.25, -0.2) is 0 Å². The van der Waals surface area contributed by atoms with Crippen LogP contribution >= 0.6 is 0 Å². The summed E-state index contributed by atoms with van der Waals surface area (Å²) in [6.45, 7) is 6.61. The fourth-order valence-electron chi connectivity index (χ4n) is 1.35. The minimum absolute atomic E-state index is 0.0815. The van der Waals surface area contributed by atoms with Crippen LogP contribution in [0.2, 0.25) is 0 Å². The largest absolute Gasteiger partial charge is 0.493 e. The summed E-state index contributed by atoms with van der Waals surface area (Å²) in [7, 11) is 0. The molecule has 0 heterocycles. The van der Waals surface area contributed by atoms with E-state index in [1.54, 1.807) is 12.1 Å². The average molecular weight is 238 g/mol. The predicted molar refractivity (Wildman–Crippen MR) is 66.3 cm³/mol. The van der Waals surface area contributed by atoms with Gasteiger partial charge in [0.05, 0.1) is 11.5 Å². The first-order valence-corrected chi connectivity index (χ1v) is 5.71. The first-order chi connectivity index (χ1) is 8.13. The Morgan fingerprint density at radius 3 is 2.59 bits per heavy atom. The normalized spacial score (nSPS) is 12.1. The van der Waals surface area contributed by atoms with Crippen LogP contribution in [-0.2, 0) is 0 Å². The maximum atomic E-state index is 10.5. The number of non-ortho nitro benzene ring substituents is 1. The lowest BCUT2D eigenvalue weighted by Crippen LogP contribution is -2.24. The first-order valence-electron chi connectivity index (χ1n) is 5.71. The number of hydrogen-bond acceptors (Lipinski definition) is 4. The molecule has 1 atom stereocenters. The smallest absolute Gasteiger partial charge is 0.269 e. The Hall–Kier alpha value is -1.62. The molecule has 1 rings (SSSR count). The third-order valence-corrected chi connectivity index (χ3v) is 2.32. The van der Waals surface area contributed by atoms with Crippen LogP contribution < -0.4 is 10.1 Å². The van der Waals surface area contributed by atoms with E-state index < -0.39 is 4.92 Å². The highest BCUT2D eigenvalue weighted by Gasteiger charge is 2.06. The van der Waals surface area contributed by atoms with Crippen molar-refractivity contribution in [2.24, 2.45) is 5.92 Å². The van der Waals surface area contributed by atoms with Crippen LogP contribution in [0.1, 0.15) is 13.8 Å². The molecule has 94 valence electrons. The van der Waals surface area contributed by atoms with Crippen molar-refractivity contribution >= 4 is 5.69 Å². The summed E-state index contributed by atoms with van der Waals surface area (Å²) in [6.07, 6.45) is 0. The predicted octanol–water partition coefficient (Wildman–Crippen LogP) is 2.22. The fraction of sp³-hybridized carbons (Fsp3) is 0.500. The second-order valence-corrected chi connectivity index (χ2v) is 3.97. The monoisotopic (exact) mass is 238 g/mol. The molecule has 1 aromatic rings. The van der Waals surface area contributed by atoms with E-state index in [1.165, 1.54) is 12.1 Å². The van der Waals surface area contributed by atoms with Crippen LogP contribution in [0, 0.1) is 16.0 Å². The number of ether oxygens (including phenoxy) is 1. The third-order valence-electron chi connectivity index (χ3n) is 2.32. The molecule has 1 aromatic carbocycles. The van der Waals surface area contributed by atoms with Gasteiger partial charge in [-0.2, -0.15) is 0 Å². The van der Waals surface area contributed by atoms with E-state index in [0.717, 1.165) is 13.1 Å². The molecule has 17 heavy (non-hydrogen) atoms. The summed E-state index contributed by atoms with van der Waals surface area (Å²) in [5, 5.41) is 13.7. The lowest BCUT2D eigenvalue weighted by atomic mass is 10.2. The molecular formula is C12H18N2O3. The number of nitrogens with zero attached hydrogens (tertiary/aromatic N) is 1. The maximum absolute atomic E-state index is 10.5. The molecular weight excluding hydrogens is 220 g/mol. The van der Waals surface area contributed by atoms with Gasteiger partial charge in [-0.1, -0.05) is 13.8 Å². The van der Waals surface area contributed by atoms with Gasteiger partial charge in [0.2, 0.25) is 0 Å². The van der Waals surface area contributed by atoms with E-state index in [1.807, 2.05) is 0 Å². The van der Waals surface area contributed by atoms with Crippen molar-refractivity contribution in [3.8, 4) is 5.75 Å². The Kier molecular flexibility index (Phi) is 5.42. The number of benzene rings is 1. The zero-order valence-corrected chi connectivity index (χ0v) is 10.2. The highest BCUT2D eigenvalue weighted by Crippen LogP contribution is 2.17. The molecule has 0 amide bonds. The molecule has 1 unspecified atom stereocenters. The topological polar surface area (TPSA) is 64.4 Å². The van der Waals surface area contributed by atoms with Gasteiger partial charge in [0.25, 0.3) is 5.69 Å². The highest BCUT2D eigenvalue weighted by atomic mass is 16.6. The van der Waals surface area contributed by atoms with E-state index in [9.17, 15) is 10.1 Å². The molecule has 0 aliphatic carbocycles. The second kappa shape index (κ2) is 6.85. The number of nitro benzene ring substituents is 1. The zero-order valence-electron chi connectivity index (χ0n) is 10.2. The standard InChI is InChI=1S/C12H18N2O3/c1-3-13-8-10(2)9-17-12-6-4-11(5-7-12)14(15)16/h4-7,10,13H,3,8-9H2,1-2H3. The molecule has 5 nitrogen and oxygen atoms in total. The van der Waals surface area contributed by atoms with E-state index in [4.69, 9.17) is 4.74 Å². The highest BCUT2D eigenvalue weighted by molar-refractivity contribution is 5.35. The van der Waals surface area contributed by atoms with Gasteiger partial charge in [0.1, 0.15) is 5.75 Å². The fourth-order valence-corrected chi connectivity index (χ4v) is 1.35. The molecule has 0 fully saturated rings. The zero-order chi connectivity index (χ0) is 12.7. The van der Waals surface area contributed by atoms with Crippen LogP contribution in [-0.4, -0.2) is 24.6 Å². The van der Waals surface area contributed by atoms with Gasteiger partial charge in [0, 0.05) is 24.6 Å². The molecule has 0 saturated heterocycles. The Morgan fingerprint density at radius 1 is 1.41 bits per heavy atom. The second-order valence-electron chi connectivity index (χ2n) is 3.97. The van der Waals surface area contributed by atoms with Crippen LogP contribution in [0.15, 0.2) is 24.3 Å². The third kappa shape index (κ3) is 4.82. The van der Waals surface area contributed by atoms with Gasteiger partial charge < -0.3 is 10.1 Å². The summed E-state index contributed by atoms with van der Waals surface area (Å²) in [5.41, 5.74) is 0.0815. The number of rotatable bonds is 7. The molecule has 0 aliphatic heterocycles. The molecule has 1 N–H and O–H groups in total. The average Bonchev–Trinajstić information content (AvgIpc) is 2.34. The molecule has 0 bridgehead atoms. The van der Waals surface area contributed by atoms with Crippen LogP contribution in [0.5, 0.6) is 5.75 Å². The SMILES string of the molecule is CCNCC(C)COc1ccc([N+](=O)[O-])cc1. The molecule has 0 aliphatic rings. The van der Waals surface area contributed by atoms with Crippen molar-refractivity contribution in [3.63, 3.8) is 0 Å². The van der Waals surface area contributed by atoms with Crippen molar-refractivity contribution in [3.05, 3.63) is 34.4 Å². The minimum Gasteiger partial charge on any atom is -0.493 e. The lowest BCUT2D eigenvalue weighted by molar-refractivity contribution is -0.384. The van der Waals surface area contributed by atoms with Crippen molar-refractivity contribution in [2.45, 2.75) is 13.8 Å². The molecule has 0 saturated carbocycles. The number of hydrogen-bond donors (Lipinski definition) is 1. The van der Waals surface area contributed by atoms with Gasteiger partial charge in [-0.15, -0.1) is 0 Å². The van der Waals surface area contributed by atoms with Gasteiger partial charge >= 0.3 is 0 Å². The van der Waals surface area contributed by atoms with Crippen molar-refractivity contribution < 1.29 is 9.66 Å². The molecule has 0 spiro atoms. The van der Waals surface area contributed by atoms with Crippen LogP contribution in [0.4, 0.5) is 5.69 Å². The number of nitrogens with one attached hydrogen (secondary N) is 1. The maximum Gasteiger partial charge on any atom is 0.269 e. The Bertz CT molecular complexity index is 351. The summed E-state index contributed by atoms with van der Waals surface area (Å²) < 4.78 is 5.54. The van der Waals surface area contributed by atoms with Crippen molar-refractivity contribution in [1.29, 1.82) is 0 Å². The van der Waals surface area contributed by atoms with Gasteiger partial charge in [-0.3, -0.25) is 10.1 Å². The van der Waals surface area contributed by atoms with E-state index in [2.05, 4.69) is 19.2 Å². The van der Waals surface area contributed by atoms with E-state index >= 15 is 0 Å². The molecule has 0 radical (unpaired) electrons. The summed E-state index contributed by atoms with van der Waals surface area (Å²) in [6, 6.07) is 6.14. The Labute approximate surface area is 101 Å². The van der Waals surface area contributed by atoms with Crippen LogP contribution in [0.25, 0.3) is 0 Å². The van der Waals surface area contributed by atoms with Crippen LogP contribution in [0.3, 0.4) is 0 Å². The Balaban J connectivity index is 2.39. The van der Waals surface area contributed by atoms with Gasteiger partial charge in [-0.05, 0) is 18.7 Å². The Morgan fingerprint density at radius 2 is 2.06 bits per heavy atom. The summed E-state index contributed by atoms with van der Waals surface area (Å²) in [5.74, 6) is 1.07. The molecule has 5 heteroatoms.